The van der Waals surface area contributed by atoms with Gasteiger partial charge in [0, 0.05) is 0 Å². The van der Waals surface area contributed by atoms with E-state index in [2.05, 4.69) is 32.9 Å². The van der Waals surface area contributed by atoms with Crippen LogP contribution >= 0.6 is 0 Å². The molecule has 24 heavy (non-hydrogen) atoms. The first-order chi connectivity index (χ1) is 11.5. The quantitative estimate of drug-likeness (QED) is 0.790. The van der Waals surface area contributed by atoms with Crippen LogP contribution in [-0.2, 0) is 25.6 Å². The second-order valence-corrected chi connectivity index (χ2v) is 6.95. The molecule has 0 amide bonds. The van der Waals surface area contributed by atoms with Gasteiger partial charge in [0.05, 0.1) is 12.7 Å². The van der Waals surface area contributed by atoms with E-state index >= 15 is 0 Å². The molecule has 4 nitrogen and oxygen atoms in total. The minimum atomic E-state index is -1.23. The average Bonchev–Trinajstić information content (AvgIpc) is 3.02. The van der Waals surface area contributed by atoms with Gasteiger partial charge >= 0.3 is 0 Å². The molecule has 1 unspecified atom stereocenters. The minimum Gasteiger partial charge on any atom is -0.368 e. The van der Waals surface area contributed by atoms with Crippen molar-refractivity contribution in [2.45, 2.75) is 77.5 Å². The molecule has 0 aromatic heterocycles. The van der Waals surface area contributed by atoms with Crippen LogP contribution in [0.5, 0.6) is 0 Å². The zero-order chi connectivity index (χ0) is 17.3. The highest BCUT2D eigenvalue weighted by Gasteiger charge is 2.56. The van der Waals surface area contributed by atoms with Crippen molar-refractivity contribution < 1.29 is 23.3 Å². The standard InChI is InChI=1S/C19H27FO4/c1-5-7-15-16(17-18(22-15)24-19(4,11-20)23-17)21-10-14-12(2)8-6-9-13(14)3/h6,8-9,15-18H,5,7,10-11H2,1-4H3/t15-,16+,17-,18-,19?/m1/s1. The van der Waals surface area contributed by atoms with Gasteiger partial charge in [-0.2, -0.15) is 0 Å². The zero-order valence-electron chi connectivity index (χ0n) is 14.9. The van der Waals surface area contributed by atoms with Crippen LogP contribution in [0.4, 0.5) is 4.39 Å². The van der Waals surface area contributed by atoms with Crippen LogP contribution in [-0.4, -0.2) is 37.1 Å². The Hall–Kier alpha value is -1.01. The molecule has 2 saturated heterocycles. The lowest BCUT2D eigenvalue weighted by Gasteiger charge is -2.27. The molecule has 2 aliphatic rings. The first-order valence-electron chi connectivity index (χ1n) is 8.71. The molecule has 1 aromatic carbocycles. The monoisotopic (exact) mass is 338 g/mol. The van der Waals surface area contributed by atoms with E-state index in [4.69, 9.17) is 18.9 Å². The summed E-state index contributed by atoms with van der Waals surface area (Å²) in [4.78, 5) is 0. The maximum absolute atomic E-state index is 13.2. The summed E-state index contributed by atoms with van der Waals surface area (Å²) in [6, 6.07) is 6.21. The van der Waals surface area contributed by atoms with Crippen LogP contribution in [0, 0.1) is 13.8 Å². The second kappa shape index (κ2) is 7.08. The lowest BCUT2D eigenvalue weighted by molar-refractivity contribution is -0.234. The van der Waals surface area contributed by atoms with E-state index in [0.29, 0.717) is 6.61 Å². The largest absolute Gasteiger partial charge is 0.368 e. The molecule has 2 aliphatic heterocycles. The number of halogens is 1. The Kier molecular flexibility index (Phi) is 5.25. The summed E-state index contributed by atoms with van der Waals surface area (Å²) in [6.45, 7) is 7.66. The molecule has 5 atom stereocenters. The second-order valence-electron chi connectivity index (χ2n) is 6.95. The van der Waals surface area contributed by atoms with Gasteiger partial charge in [-0.1, -0.05) is 31.5 Å². The summed E-state index contributed by atoms with van der Waals surface area (Å²) < 4.78 is 36.8. The molecule has 2 heterocycles. The lowest BCUT2D eigenvalue weighted by Crippen LogP contribution is -2.38. The Balaban J connectivity index is 1.73. The van der Waals surface area contributed by atoms with Crippen molar-refractivity contribution in [2.24, 2.45) is 0 Å². The molecule has 0 aliphatic carbocycles. The maximum Gasteiger partial charge on any atom is 0.197 e. The molecule has 0 spiro atoms. The van der Waals surface area contributed by atoms with Gasteiger partial charge in [-0.05, 0) is 43.9 Å². The van der Waals surface area contributed by atoms with Crippen LogP contribution in [0.15, 0.2) is 18.2 Å². The Morgan fingerprint density at radius 3 is 2.54 bits per heavy atom. The number of aryl methyl sites for hydroxylation is 2. The van der Waals surface area contributed by atoms with E-state index in [1.807, 2.05) is 6.07 Å². The highest BCUT2D eigenvalue weighted by molar-refractivity contribution is 5.32. The SMILES string of the molecule is CCC[C@H]1O[C@@H]2OC(C)(CF)O[C@@H]2[C@H]1OCc1c(C)cccc1C. The van der Waals surface area contributed by atoms with Crippen molar-refractivity contribution >= 4 is 0 Å². The minimum absolute atomic E-state index is 0.0847. The molecule has 134 valence electrons. The summed E-state index contributed by atoms with van der Waals surface area (Å²) in [5.41, 5.74) is 3.59. The summed E-state index contributed by atoms with van der Waals surface area (Å²) >= 11 is 0. The van der Waals surface area contributed by atoms with Gasteiger partial charge in [0.1, 0.15) is 18.9 Å². The van der Waals surface area contributed by atoms with E-state index in [1.165, 1.54) is 16.7 Å². The number of hydrogen-bond donors (Lipinski definition) is 0. The fourth-order valence-corrected chi connectivity index (χ4v) is 3.51. The Morgan fingerprint density at radius 1 is 1.21 bits per heavy atom. The molecular formula is C19H27FO4. The number of ether oxygens (including phenoxy) is 4. The molecule has 2 fully saturated rings. The van der Waals surface area contributed by atoms with Gasteiger partial charge in [0.25, 0.3) is 0 Å². The van der Waals surface area contributed by atoms with Crippen molar-refractivity contribution in [3.63, 3.8) is 0 Å². The molecule has 0 radical (unpaired) electrons. The molecule has 3 rings (SSSR count). The third-order valence-electron chi connectivity index (χ3n) is 4.90. The summed E-state index contributed by atoms with van der Waals surface area (Å²) in [7, 11) is 0. The molecule has 0 bridgehead atoms. The predicted octanol–water partition coefficient (Wildman–Crippen LogP) is 3.81. The third kappa shape index (κ3) is 3.36. The van der Waals surface area contributed by atoms with E-state index in [9.17, 15) is 4.39 Å². The smallest absolute Gasteiger partial charge is 0.197 e. The molecule has 5 heteroatoms. The summed E-state index contributed by atoms with van der Waals surface area (Å²) in [5, 5.41) is 0. The van der Waals surface area contributed by atoms with Gasteiger partial charge in [-0.25, -0.2) is 4.39 Å². The molecule has 1 aromatic rings. The fourth-order valence-electron chi connectivity index (χ4n) is 3.51. The van der Waals surface area contributed by atoms with Crippen LogP contribution in [0.25, 0.3) is 0 Å². The van der Waals surface area contributed by atoms with Gasteiger partial charge < -0.3 is 18.9 Å². The van der Waals surface area contributed by atoms with E-state index in [-0.39, 0.29) is 18.3 Å². The normalized spacial score (nSPS) is 35.4. The third-order valence-corrected chi connectivity index (χ3v) is 4.90. The van der Waals surface area contributed by atoms with Gasteiger partial charge in [0.2, 0.25) is 0 Å². The van der Waals surface area contributed by atoms with E-state index in [1.54, 1.807) is 6.92 Å². The summed E-state index contributed by atoms with van der Waals surface area (Å²) in [5.74, 6) is -1.23. The highest BCUT2D eigenvalue weighted by atomic mass is 19.1. The van der Waals surface area contributed by atoms with E-state index in [0.717, 1.165) is 12.8 Å². The van der Waals surface area contributed by atoms with Gasteiger partial charge in [-0.3, -0.25) is 0 Å². The number of hydrogen-bond acceptors (Lipinski definition) is 4. The van der Waals surface area contributed by atoms with Crippen molar-refractivity contribution in [1.29, 1.82) is 0 Å². The Labute approximate surface area is 143 Å². The first kappa shape index (κ1) is 17.8. The number of alkyl halides is 1. The first-order valence-corrected chi connectivity index (χ1v) is 8.71. The van der Waals surface area contributed by atoms with Crippen molar-refractivity contribution in [3.8, 4) is 0 Å². The van der Waals surface area contributed by atoms with Crippen LogP contribution in [0.3, 0.4) is 0 Å². The molecule has 0 saturated carbocycles. The highest BCUT2D eigenvalue weighted by Crippen LogP contribution is 2.40. The van der Waals surface area contributed by atoms with Crippen LogP contribution in [0.2, 0.25) is 0 Å². The molecular weight excluding hydrogens is 311 g/mol. The van der Waals surface area contributed by atoms with Crippen molar-refractivity contribution in [3.05, 3.63) is 34.9 Å². The Morgan fingerprint density at radius 2 is 1.92 bits per heavy atom. The van der Waals surface area contributed by atoms with Gasteiger partial charge in [0.15, 0.2) is 12.1 Å². The topological polar surface area (TPSA) is 36.9 Å². The van der Waals surface area contributed by atoms with Gasteiger partial charge in [-0.15, -0.1) is 0 Å². The van der Waals surface area contributed by atoms with E-state index < -0.39 is 18.8 Å². The molecule has 0 N–H and O–H groups in total. The van der Waals surface area contributed by atoms with Crippen molar-refractivity contribution in [2.75, 3.05) is 6.67 Å². The Bertz CT molecular complexity index is 558. The average molecular weight is 338 g/mol. The zero-order valence-corrected chi connectivity index (χ0v) is 14.9. The maximum atomic E-state index is 13.2. The number of rotatable bonds is 6. The predicted molar refractivity (Wildman–Crippen MR) is 88.4 cm³/mol. The lowest BCUT2D eigenvalue weighted by atomic mass is 10.0. The van der Waals surface area contributed by atoms with Crippen LogP contribution < -0.4 is 0 Å². The van der Waals surface area contributed by atoms with Crippen molar-refractivity contribution in [1.82, 2.24) is 0 Å². The number of fused-ring (bicyclic) bond motifs is 1. The fraction of sp³-hybridized carbons (Fsp3) is 0.684. The van der Waals surface area contributed by atoms with Crippen LogP contribution in [0.1, 0.15) is 43.4 Å². The summed E-state index contributed by atoms with van der Waals surface area (Å²) in [6.07, 6.45) is 0.578. The number of benzene rings is 1.